The molecule has 0 aromatic rings. The van der Waals surface area contributed by atoms with Gasteiger partial charge in [0, 0.05) is 12.3 Å². The first-order valence-corrected chi connectivity index (χ1v) is 18.1. The fraction of sp³-hybridized carbons (Fsp3) is 0.929. The monoisotopic (exact) mass is 578 g/mol. The van der Waals surface area contributed by atoms with Gasteiger partial charge in [-0.2, -0.15) is 0 Å². The molecule has 2 rings (SSSR count). The number of hydrogen-bond donors (Lipinski definition) is 0. The van der Waals surface area contributed by atoms with Gasteiger partial charge in [0.25, 0.3) is 0 Å². The SMILES string of the molecule is CCC(C)(OC(C)C(=O)OC1CCCCC1)[PH](=O)CCCCCC[PH](=O)OC(C)C(=O)OC1CCCCC1. The average Bonchev–Trinajstić information content (AvgIpc) is 2.91. The van der Waals surface area contributed by atoms with Crippen molar-refractivity contribution in [3.8, 4) is 0 Å². The second-order valence-corrected chi connectivity index (χ2v) is 15.1. The molecule has 0 aromatic heterocycles. The van der Waals surface area contributed by atoms with Gasteiger partial charge in [0.15, 0.2) is 20.2 Å². The molecule has 0 heterocycles. The lowest BCUT2D eigenvalue weighted by Gasteiger charge is -2.32. The summed E-state index contributed by atoms with van der Waals surface area (Å²) in [6.45, 7) is 7.07. The van der Waals surface area contributed by atoms with Crippen molar-refractivity contribution < 1.29 is 37.5 Å². The molecule has 8 nitrogen and oxygen atoms in total. The molecule has 10 heteroatoms. The van der Waals surface area contributed by atoms with E-state index in [2.05, 4.69) is 0 Å². The molecule has 0 N–H and O–H groups in total. The first-order chi connectivity index (χ1) is 18.1. The summed E-state index contributed by atoms with van der Waals surface area (Å²) in [5.41, 5.74) is 0. The summed E-state index contributed by atoms with van der Waals surface area (Å²) < 4.78 is 48.0. The molecule has 2 saturated carbocycles. The zero-order valence-electron chi connectivity index (χ0n) is 24.1. The van der Waals surface area contributed by atoms with Crippen molar-refractivity contribution in [1.82, 2.24) is 0 Å². The Bertz CT molecular complexity index is 764. The van der Waals surface area contributed by atoms with Crippen LogP contribution in [0.4, 0.5) is 0 Å². The Kier molecular flexibility index (Phi) is 15.8. The van der Waals surface area contributed by atoms with E-state index < -0.39 is 39.3 Å². The highest BCUT2D eigenvalue weighted by Gasteiger charge is 2.35. The maximum absolute atomic E-state index is 13.1. The zero-order chi connectivity index (χ0) is 28.0. The molecule has 0 spiro atoms. The highest BCUT2D eigenvalue weighted by atomic mass is 31.1. The quantitative estimate of drug-likeness (QED) is 0.101. The number of ether oxygens (including phenoxy) is 3. The molecule has 2 aliphatic rings. The molecule has 0 saturated heterocycles. The third-order valence-electron chi connectivity index (χ3n) is 7.88. The van der Waals surface area contributed by atoms with E-state index in [1.54, 1.807) is 13.8 Å². The maximum atomic E-state index is 13.1. The van der Waals surface area contributed by atoms with Crippen molar-refractivity contribution in [2.75, 3.05) is 12.3 Å². The van der Waals surface area contributed by atoms with Gasteiger partial charge < -0.3 is 23.3 Å². The van der Waals surface area contributed by atoms with Crippen LogP contribution in [0.3, 0.4) is 0 Å². The highest BCUT2D eigenvalue weighted by Crippen LogP contribution is 2.44. The van der Waals surface area contributed by atoms with Crippen LogP contribution in [0.15, 0.2) is 0 Å². The van der Waals surface area contributed by atoms with Crippen LogP contribution in [0.2, 0.25) is 0 Å². The molecule has 5 unspecified atom stereocenters. The van der Waals surface area contributed by atoms with E-state index in [-0.39, 0.29) is 18.2 Å². The smallest absolute Gasteiger partial charge is 0.335 e. The van der Waals surface area contributed by atoms with Crippen LogP contribution < -0.4 is 0 Å². The molecule has 0 amide bonds. The van der Waals surface area contributed by atoms with Crippen LogP contribution in [-0.2, 0) is 37.5 Å². The number of rotatable bonds is 17. The van der Waals surface area contributed by atoms with Gasteiger partial charge in [0.2, 0.25) is 0 Å². The van der Waals surface area contributed by atoms with E-state index in [1.807, 2.05) is 13.8 Å². The predicted molar refractivity (Wildman–Crippen MR) is 152 cm³/mol. The van der Waals surface area contributed by atoms with Crippen molar-refractivity contribution in [3.63, 3.8) is 0 Å². The van der Waals surface area contributed by atoms with Crippen molar-refractivity contribution in [3.05, 3.63) is 0 Å². The summed E-state index contributed by atoms with van der Waals surface area (Å²) in [7, 11) is -4.39. The van der Waals surface area contributed by atoms with Gasteiger partial charge in [-0.05, 0) is 91.4 Å². The Hall–Kier alpha value is -0.680. The normalized spacial score (nSPS) is 22.1. The minimum atomic E-state index is -2.31. The Balaban J connectivity index is 1.60. The van der Waals surface area contributed by atoms with E-state index >= 15 is 0 Å². The molecule has 5 atom stereocenters. The van der Waals surface area contributed by atoms with Gasteiger partial charge in [-0.15, -0.1) is 0 Å². The molecular weight excluding hydrogens is 526 g/mol. The topological polar surface area (TPSA) is 105 Å². The van der Waals surface area contributed by atoms with Gasteiger partial charge >= 0.3 is 11.9 Å². The van der Waals surface area contributed by atoms with Crippen molar-refractivity contribution in [1.29, 1.82) is 0 Å². The van der Waals surface area contributed by atoms with Crippen LogP contribution in [0.25, 0.3) is 0 Å². The van der Waals surface area contributed by atoms with E-state index in [9.17, 15) is 18.7 Å². The summed E-state index contributed by atoms with van der Waals surface area (Å²) in [5.74, 6) is -0.779. The first kappa shape index (κ1) is 33.5. The second kappa shape index (κ2) is 17.9. The molecule has 2 aliphatic carbocycles. The summed E-state index contributed by atoms with van der Waals surface area (Å²) in [6, 6.07) is 0. The largest absolute Gasteiger partial charge is 0.460 e. The lowest BCUT2D eigenvalue weighted by molar-refractivity contribution is -0.168. The standard InChI is InChI=1S/C28H52O8P2/c1-5-28(4,35-22(2)26(29)33-24-16-10-8-11-17-24)37(31)20-14-6-7-15-21-38(32)36-23(3)27(30)34-25-18-12-9-13-19-25/h22-25,37-38H,5-21H2,1-4H3. The maximum Gasteiger partial charge on any atom is 0.335 e. The molecule has 2 fully saturated rings. The fourth-order valence-corrected chi connectivity index (χ4v) is 8.10. The second-order valence-electron chi connectivity index (χ2n) is 11.2. The first-order valence-electron chi connectivity index (χ1n) is 15.0. The average molecular weight is 579 g/mol. The molecule has 38 heavy (non-hydrogen) atoms. The van der Waals surface area contributed by atoms with Gasteiger partial charge in [-0.25, -0.2) is 9.59 Å². The number of carbonyl (C=O) groups is 2. The van der Waals surface area contributed by atoms with Crippen LogP contribution in [0, 0.1) is 0 Å². The summed E-state index contributed by atoms with van der Waals surface area (Å²) in [5, 5.41) is -0.836. The minimum Gasteiger partial charge on any atom is -0.460 e. The van der Waals surface area contributed by atoms with Crippen LogP contribution in [0.1, 0.15) is 124 Å². The Morgan fingerprint density at radius 2 is 1.24 bits per heavy atom. The van der Waals surface area contributed by atoms with Crippen LogP contribution in [-0.4, -0.2) is 54.0 Å². The molecule has 0 aromatic carbocycles. The number of esters is 2. The Morgan fingerprint density at radius 1 is 0.763 bits per heavy atom. The van der Waals surface area contributed by atoms with Crippen LogP contribution in [0.5, 0.6) is 0 Å². The fourth-order valence-electron chi connectivity index (χ4n) is 5.15. The summed E-state index contributed by atoms with van der Waals surface area (Å²) in [4.78, 5) is 24.7. The lowest BCUT2D eigenvalue weighted by atomic mass is 9.98. The molecular formula is C28H52O8P2. The van der Waals surface area contributed by atoms with Crippen molar-refractivity contribution >= 4 is 27.8 Å². The predicted octanol–water partition coefficient (Wildman–Crippen LogP) is 7.27. The van der Waals surface area contributed by atoms with E-state index in [1.165, 1.54) is 12.8 Å². The molecule has 222 valence electrons. The van der Waals surface area contributed by atoms with Gasteiger partial charge in [0.1, 0.15) is 25.4 Å². The van der Waals surface area contributed by atoms with E-state index in [0.717, 1.165) is 77.0 Å². The molecule has 0 bridgehead atoms. The molecule has 0 radical (unpaired) electrons. The van der Waals surface area contributed by atoms with Crippen molar-refractivity contribution in [2.24, 2.45) is 0 Å². The zero-order valence-corrected chi connectivity index (χ0v) is 26.1. The highest BCUT2D eigenvalue weighted by molar-refractivity contribution is 7.46. The van der Waals surface area contributed by atoms with Gasteiger partial charge in [-0.3, -0.25) is 4.57 Å². The lowest BCUT2D eigenvalue weighted by Crippen LogP contribution is -2.36. The summed E-state index contributed by atoms with van der Waals surface area (Å²) in [6.07, 6.45) is 13.5. The Labute approximate surface area is 231 Å². The third kappa shape index (κ3) is 12.2. The van der Waals surface area contributed by atoms with Crippen molar-refractivity contribution in [2.45, 2.75) is 154 Å². The number of unbranched alkanes of at least 4 members (excludes halogenated alkanes) is 3. The third-order valence-corrected chi connectivity index (χ3v) is 11.7. The number of carbonyl (C=O) groups excluding carboxylic acids is 2. The van der Waals surface area contributed by atoms with E-state index in [4.69, 9.17) is 18.7 Å². The number of hydrogen-bond acceptors (Lipinski definition) is 8. The summed E-state index contributed by atoms with van der Waals surface area (Å²) >= 11 is 0. The van der Waals surface area contributed by atoms with Crippen LogP contribution >= 0.6 is 15.8 Å². The molecule has 0 aliphatic heterocycles. The minimum absolute atomic E-state index is 0.0211. The van der Waals surface area contributed by atoms with Gasteiger partial charge in [-0.1, -0.05) is 32.6 Å². The van der Waals surface area contributed by atoms with E-state index in [0.29, 0.717) is 18.7 Å². The Morgan fingerprint density at radius 3 is 1.74 bits per heavy atom. The van der Waals surface area contributed by atoms with Gasteiger partial charge in [0.05, 0.1) is 0 Å².